The first-order chi connectivity index (χ1) is 22.0. The number of aromatic nitrogens is 2. The molecule has 1 aliphatic carbocycles. The summed E-state index contributed by atoms with van der Waals surface area (Å²) in [6, 6.07) is 55.9. The van der Waals surface area contributed by atoms with Crippen LogP contribution >= 0.6 is 0 Å². The number of hydrogen-bond donors (Lipinski definition) is 0. The van der Waals surface area contributed by atoms with Gasteiger partial charge in [-0.05, 0) is 62.7 Å². The summed E-state index contributed by atoms with van der Waals surface area (Å²) in [4.78, 5) is 10.1. The van der Waals surface area contributed by atoms with Crippen molar-refractivity contribution in [3.63, 3.8) is 0 Å². The van der Waals surface area contributed by atoms with E-state index in [2.05, 4.69) is 147 Å². The third kappa shape index (κ3) is 4.85. The highest BCUT2D eigenvalue weighted by Gasteiger charge is 2.35. The van der Waals surface area contributed by atoms with E-state index in [-0.39, 0.29) is 5.41 Å². The second kappa shape index (κ2) is 10.8. The summed E-state index contributed by atoms with van der Waals surface area (Å²) in [5, 5.41) is 0. The zero-order valence-electron chi connectivity index (χ0n) is 25.4. The maximum absolute atomic E-state index is 5.09. The van der Waals surface area contributed by atoms with Gasteiger partial charge in [-0.2, -0.15) is 0 Å². The van der Waals surface area contributed by atoms with Crippen LogP contribution in [0.5, 0.6) is 0 Å². The van der Waals surface area contributed by atoms with E-state index >= 15 is 0 Å². The number of hydrogen-bond acceptors (Lipinski definition) is 2. The Kier molecular flexibility index (Phi) is 6.50. The van der Waals surface area contributed by atoms with Gasteiger partial charge in [0, 0.05) is 22.1 Å². The van der Waals surface area contributed by atoms with Crippen LogP contribution in [0, 0.1) is 0 Å². The maximum atomic E-state index is 5.09. The molecule has 8 rings (SSSR count). The number of benzene rings is 6. The smallest absolute Gasteiger partial charge is 0.160 e. The summed E-state index contributed by atoms with van der Waals surface area (Å²) in [7, 11) is 0. The molecule has 2 heteroatoms. The van der Waals surface area contributed by atoms with Crippen LogP contribution in [0.2, 0.25) is 0 Å². The first-order valence-electron chi connectivity index (χ1n) is 15.5. The van der Waals surface area contributed by atoms with Gasteiger partial charge in [0.15, 0.2) is 5.82 Å². The van der Waals surface area contributed by atoms with E-state index in [0.717, 1.165) is 33.9 Å². The maximum Gasteiger partial charge on any atom is 0.160 e. The highest BCUT2D eigenvalue weighted by Crippen LogP contribution is 2.49. The first-order valence-corrected chi connectivity index (χ1v) is 15.5. The van der Waals surface area contributed by atoms with Crippen molar-refractivity contribution in [3.8, 4) is 67.3 Å². The summed E-state index contributed by atoms with van der Waals surface area (Å²) in [6.07, 6.45) is 0. The fourth-order valence-corrected chi connectivity index (χ4v) is 6.68. The Balaban J connectivity index is 1.21. The normalized spacial score (nSPS) is 12.8. The zero-order chi connectivity index (χ0) is 30.4. The average Bonchev–Trinajstić information content (AvgIpc) is 3.34. The quantitative estimate of drug-likeness (QED) is 0.204. The van der Waals surface area contributed by atoms with Crippen molar-refractivity contribution in [2.75, 3.05) is 0 Å². The van der Waals surface area contributed by atoms with Gasteiger partial charge in [0.2, 0.25) is 0 Å². The van der Waals surface area contributed by atoms with Crippen molar-refractivity contribution in [2.45, 2.75) is 19.3 Å². The molecule has 1 heterocycles. The molecule has 6 aromatic carbocycles. The van der Waals surface area contributed by atoms with Crippen molar-refractivity contribution >= 4 is 0 Å². The molecule has 0 fully saturated rings. The molecule has 0 amide bonds. The minimum Gasteiger partial charge on any atom is -0.228 e. The molecule has 45 heavy (non-hydrogen) atoms. The predicted octanol–water partition coefficient (Wildman–Crippen LogP) is 11.1. The highest BCUT2D eigenvalue weighted by atomic mass is 14.9. The molecule has 0 unspecified atom stereocenters. The summed E-state index contributed by atoms with van der Waals surface area (Å²) in [5.74, 6) is 0.719. The van der Waals surface area contributed by atoms with Crippen LogP contribution in [-0.2, 0) is 5.41 Å². The lowest BCUT2D eigenvalue weighted by Gasteiger charge is -2.21. The number of nitrogens with zero attached hydrogens (tertiary/aromatic N) is 2. The average molecular weight is 577 g/mol. The van der Waals surface area contributed by atoms with E-state index in [0.29, 0.717) is 0 Å². The van der Waals surface area contributed by atoms with Crippen molar-refractivity contribution < 1.29 is 0 Å². The summed E-state index contributed by atoms with van der Waals surface area (Å²) in [6.45, 7) is 4.65. The van der Waals surface area contributed by atoms with E-state index < -0.39 is 0 Å². The molecule has 0 N–H and O–H groups in total. The SMILES string of the molecule is CC1(C)c2ccccc2-c2cc(-c3cccc(-c4cc(-c5ccc(-c6ccccc6)cc5)nc(-c5ccccc5)n4)c3)ccc21. The Morgan fingerprint density at radius 2 is 0.867 bits per heavy atom. The Labute approximate surface area is 264 Å². The standard InChI is InChI=1S/C43H32N2/c1-43(2)38-19-10-9-18-36(38)37-27-34(24-25-39(37)43)33-16-11-17-35(26-33)41-28-40(44-42(45-41)32-14-7-4-8-15-32)31-22-20-30(21-23-31)29-12-5-3-6-13-29/h3-28H,1-2H3. The molecule has 0 saturated carbocycles. The minimum atomic E-state index is -0.00317. The Hall–Kier alpha value is -5.60. The molecule has 0 radical (unpaired) electrons. The molecule has 0 saturated heterocycles. The lowest BCUT2D eigenvalue weighted by Crippen LogP contribution is -2.14. The second-order valence-electron chi connectivity index (χ2n) is 12.3. The van der Waals surface area contributed by atoms with E-state index in [1.165, 1.54) is 44.5 Å². The van der Waals surface area contributed by atoms with Crippen LogP contribution in [-0.4, -0.2) is 9.97 Å². The highest BCUT2D eigenvalue weighted by molar-refractivity contribution is 5.85. The lowest BCUT2D eigenvalue weighted by atomic mass is 9.82. The van der Waals surface area contributed by atoms with Gasteiger partial charge in [-0.1, -0.05) is 153 Å². The van der Waals surface area contributed by atoms with Crippen molar-refractivity contribution in [3.05, 3.63) is 169 Å². The van der Waals surface area contributed by atoms with Crippen LogP contribution in [0.15, 0.2) is 158 Å². The first kappa shape index (κ1) is 27.0. The van der Waals surface area contributed by atoms with E-state index in [1.807, 2.05) is 24.3 Å². The molecule has 214 valence electrons. The van der Waals surface area contributed by atoms with Gasteiger partial charge < -0.3 is 0 Å². The van der Waals surface area contributed by atoms with E-state index in [4.69, 9.17) is 9.97 Å². The van der Waals surface area contributed by atoms with E-state index in [9.17, 15) is 0 Å². The van der Waals surface area contributed by atoms with Gasteiger partial charge in [0.25, 0.3) is 0 Å². The molecular weight excluding hydrogens is 544 g/mol. The topological polar surface area (TPSA) is 25.8 Å². The number of fused-ring (bicyclic) bond motifs is 3. The Morgan fingerprint density at radius 1 is 0.356 bits per heavy atom. The molecule has 0 spiro atoms. The molecule has 0 atom stereocenters. The fourth-order valence-electron chi connectivity index (χ4n) is 6.68. The van der Waals surface area contributed by atoms with Gasteiger partial charge >= 0.3 is 0 Å². The van der Waals surface area contributed by atoms with Gasteiger partial charge in [0.05, 0.1) is 11.4 Å². The largest absolute Gasteiger partial charge is 0.228 e. The molecule has 1 aromatic heterocycles. The van der Waals surface area contributed by atoms with Crippen molar-refractivity contribution in [2.24, 2.45) is 0 Å². The molecule has 1 aliphatic rings. The van der Waals surface area contributed by atoms with Gasteiger partial charge in [0.1, 0.15) is 0 Å². The van der Waals surface area contributed by atoms with Crippen LogP contribution in [0.25, 0.3) is 67.3 Å². The molecule has 2 nitrogen and oxygen atoms in total. The van der Waals surface area contributed by atoms with Gasteiger partial charge in [-0.25, -0.2) is 9.97 Å². The van der Waals surface area contributed by atoms with Crippen LogP contribution in [0.4, 0.5) is 0 Å². The monoisotopic (exact) mass is 576 g/mol. The Bertz CT molecular complexity index is 2160. The van der Waals surface area contributed by atoms with Crippen LogP contribution in [0.3, 0.4) is 0 Å². The molecule has 0 bridgehead atoms. The van der Waals surface area contributed by atoms with Gasteiger partial charge in [-0.15, -0.1) is 0 Å². The molecular formula is C43H32N2. The molecule has 7 aromatic rings. The lowest BCUT2D eigenvalue weighted by molar-refractivity contribution is 0.660. The zero-order valence-corrected chi connectivity index (χ0v) is 25.4. The Morgan fingerprint density at radius 3 is 1.62 bits per heavy atom. The van der Waals surface area contributed by atoms with E-state index in [1.54, 1.807) is 0 Å². The van der Waals surface area contributed by atoms with Gasteiger partial charge in [-0.3, -0.25) is 0 Å². The van der Waals surface area contributed by atoms with Crippen molar-refractivity contribution in [1.29, 1.82) is 0 Å². The fraction of sp³-hybridized carbons (Fsp3) is 0.0698. The predicted molar refractivity (Wildman–Crippen MR) is 187 cm³/mol. The third-order valence-electron chi connectivity index (χ3n) is 9.12. The number of rotatable bonds is 5. The summed E-state index contributed by atoms with van der Waals surface area (Å²) < 4.78 is 0. The summed E-state index contributed by atoms with van der Waals surface area (Å²) in [5.41, 5.74) is 15.1. The van der Waals surface area contributed by atoms with Crippen LogP contribution in [0.1, 0.15) is 25.0 Å². The summed E-state index contributed by atoms with van der Waals surface area (Å²) >= 11 is 0. The molecule has 0 aliphatic heterocycles. The van der Waals surface area contributed by atoms with Crippen molar-refractivity contribution in [1.82, 2.24) is 9.97 Å². The third-order valence-corrected chi connectivity index (χ3v) is 9.12. The minimum absolute atomic E-state index is 0.00317. The second-order valence-corrected chi connectivity index (χ2v) is 12.3. The van der Waals surface area contributed by atoms with Crippen LogP contribution < -0.4 is 0 Å².